The highest BCUT2D eigenvalue weighted by Gasteiger charge is 2.18. The lowest BCUT2D eigenvalue weighted by Gasteiger charge is -2.07. The first-order valence-electron chi connectivity index (χ1n) is 5.34. The van der Waals surface area contributed by atoms with Crippen molar-refractivity contribution in [2.45, 2.75) is 0 Å². The summed E-state index contributed by atoms with van der Waals surface area (Å²) in [5.74, 6) is -1.41. The minimum Gasteiger partial charge on any atom is -0.316 e. The number of benzene rings is 1. The van der Waals surface area contributed by atoms with Crippen LogP contribution in [0.15, 0.2) is 36.7 Å². The second-order valence-electron chi connectivity index (χ2n) is 3.73. The summed E-state index contributed by atoms with van der Waals surface area (Å²) in [5.41, 5.74) is -0.543. The average molecular weight is 296 g/mol. The van der Waals surface area contributed by atoms with Gasteiger partial charge in [0, 0.05) is 12.4 Å². The zero-order chi connectivity index (χ0) is 14.7. The normalized spacial score (nSPS) is 10.1. The molecule has 2 rings (SSSR count). The predicted octanol–water partition coefficient (Wildman–Crippen LogP) is 3.03. The van der Waals surface area contributed by atoms with Crippen LogP contribution in [0.4, 0.5) is 15.8 Å². The van der Waals surface area contributed by atoms with Crippen LogP contribution in [-0.4, -0.2) is 15.8 Å². The summed E-state index contributed by atoms with van der Waals surface area (Å²) in [6.07, 6.45) is 2.63. The minimum absolute atomic E-state index is 0.106. The van der Waals surface area contributed by atoms with Gasteiger partial charge in [0.05, 0.1) is 21.6 Å². The molecule has 0 saturated carbocycles. The molecule has 1 amide bonds. The van der Waals surface area contributed by atoms with Crippen molar-refractivity contribution in [3.05, 3.63) is 63.2 Å². The summed E-state index contributed by atoms with van der Waals surface area (Å²) in [5, 5.41) is 13.2. The van der Waals surface area contributed by atoms with Gasteiger partial charge in [0.1, 0.15) is 11.5 Å². The molecule has 0 spiro atoms. The molecule has 20 heavy (non-hydrogen) atoms. The molecule has 0 radical (unpaired) electrons. The number of carbonyl (C=O) groups excluding carboxylic acids is 1. The van der Waals surface area contributed by atoms with E-state index in [1.165, 1.54) is 18.5 Å². The Morgan fingerprint density at radius 3 is 2.80 bits per heavy atom. The van der Waals surface area contributed by atoms with Crippen LogP contribution < -0.4 is 5.32 Å². The molecule has 1 aromatic heterocycles. The average Bonchev–Trinajstić information content (AvgIpc) is 2.41. The molecule has 0 unspecified atom stereocenters. The lowest BCUT2D eigenvalue weighted by atomic mass is 10.2. The first kappa shape index (κ1) is 13.9. The molecule has 0 aliphatic carbocycles. The van der Waals surface area contributed by atoms with Crippen molar-refractivity contribution in [1.29, 1.82) is 0 Å². The van der Waals surface area contributed by atoms with Crippen molar-refractivity contribution >= 4 is 28.9 Å². The van der Waals surface area contributed by atoms with Gasteiger partial charge in [0.25, 0.3) is 11.6 Å². The lowest BCUT2D eigenvalue weighted by Crippen LogP contribution is -2.13. The highest BCUT2D eigenvalue weighted by molar-refractivity contribution is 6.34. The Morgan fingerprint density at radius 2 is 2.15 bits per heavy atom. The van der Waals surface area contributed by atoms with E-state index in [2.05, 4.69) is 10.3 Å². The quantitative estimate of drug-likeness (QED) is 0.696. The molecule has 0 aliphatic heterocycles. The van der Waals surface area contributed by atoms with Gasteiger partial charge in [-0.15, -0.1) is 0 Å². The van der Waals surface area contributed by atoms with Gasteiger partial charge in [-0.05, 0) is 18.2 Å². The number of nitro benzene ring substituents is 1. The van der Waals surface area contributed by atoms with E-state index in [9.17, 15) is 19.3 Å². The molecule has 2 aromatic rings. The molecule has 1 N–H and O–H groups in total. The van der Waals surface area contributed by atoms with E-state index in [-0.39, 0.29) is 16.3 Å². The SMILES string of the molecule is O=C(Nc1ccc(F)cc1[N+](=O)[O-])c1ccncc1Cl. The van der Waals surface area contributed by atoms with Crippen LogP contribution >= 0.6 is 11.6 Å². The number of pyridine rings is 1. The number of nitrogens with zero attached hydrogens (tertiary/aromatic N) is 2. The fourth-order valence-corrected chi connectivity index (χ4v) is 1.72. The molecule has 1 heterocycles. The maximum Gasteiger partial charge on any atom is 0.295 e. The summed E-state index contributed by atoms with van der Waals surface area (Å²) >= 11 is 5.80. The number of nitrogens with one attached hydrogen (secondary N) is 1. The summed E-state index contributed by atoms with van der Waals surface area (Å²) in [6.45, 7) is 0. The Labute approximate surface area is 117 Å². The van der Waals surface area contributed by atoms with Crippen LogP contribution in [0.25, 0.3) is 0 Å². The number of aromatic nitrogens is 1. The number of anilines is 1. The van der Waals surface area contributed by atoms with Crippen LogP contribution in [0.5, 0.6) is 0 Å². The van der Waals surface area contributed by atoms with Gasteiger partial charge < -0.3 is 5.32 Å². The molecule has 1 aromatic carbocycles. The molecule has 0 bridgehead atoms. The van der Waals surface area contributed by atoms with Gasteiger partial charge in [-0.1, -0.05) is 11.6 Å². The Bertz CT molecular complexity index is 693. The van der Waals surface area contributed by atoms with Gasteiger partial charge in [-0.2, -0.15) is 0 Å². The molecule has 8 heteroatoms. The Morgan fingerprint density at radius 1 is 1.40 bits per heavy atom. The monoisotopic (exact) mass is 295 g/mol. The molecule has 0 atom stereocenters. The first-order valence-corrected chi connectivity index (χ1v) is 5.71. The predicted molar refractivity (Wildman–Crippen MR) is 70.3 cm³/mol. The van der Waals surface area contributed by atoms with Crippen molar-refractivity contribution in [2.24, 2.45) is 0 Å². The second-order valence-corrected chi connectivity index (χ2v) is 4.14. The van der Waals surface area contributed by atoms with Gasteiger partial charge >= 0.3 is 0 Å². The van der Waals surface area contributed by atoms with Crippen LogP contribution in [0, 0.1) is 15.9 Å². The van der Waals surface area contributed by atoms with Gasteiger partial charge in [0.15, 0.2) is 0 Å². The Hall–Kier alpha value is -2.54. The molecule has 6 nitrogen and oxygen atoms in total. The lowest BCUT2D eigenvalue weighted by molar-refractivity contribution is -0.384. The number of nitro groups is 1. The maximum absolute atomic E-state index is 13.0. The number of hydrogen-bond donors (Lipinski definition) is 1. The smallest absolute Gasteiger partial charge is 0.295 e. The third-order valence-corrected chi connectivity index (χ3v) is 2.72. The fraction of sp³-hybridized carbons (Fsp3) is 0. The van der Waals surface area contributed by atoms with E-state index in [0.717, 1.165) is 18.2 Å². The molecular weight excluding hydrogens is 289 g/mol. The fourth-order valence-electron chi connectivity index (χ4n) is 1.51. The zero-order valence-electron chi connectivity index (χ0n) is 9.84. The number of amides is 1. The molecular formula is C12H7ClFN3O3. The number of rotatable bonds is 3. The number of carbonyl (C=O) groups is 1. The highest BCUT2D eigenvalue weighted by atomic mass is 35.5. The summed E-state index contributed by atoms with van der Waals surface area (Å²) in [4.78, 5) is 25.7. The number of halogens is 2. The second kappa shape index (κ2) is 5.62. The summed E-state index contributed by atoms with van der Waals surface area (Å²) < 4.78 is 13.0. The van der Waals surface area contributed by atoms with E-state index in [4.69, 9.17) is 11.6 Å². The molecule has 0 aliphatic rings. The van der Waals surface area contributed by atoms with Gasteiger partial charge in [0.2, 0.25) is 0 Å². The molecule has 0 fully saturated rings. The van der Waals surface area contributed by atoms with Gasteiger partial charge in [-0.3, -0.25) is 19.9 Å². The van der Waals surface area contributed by atoms with Gasteiger partial charge in [-0.25, -0.2) is 4.39 Å². The maximum atomic E-state index is 13.0. The van der Waals surface area contributed by atoms with E-state index < -0.39 is 22.3 Å². The van der Waals surface area contributed by atoms with E-state index in [1.54, 1.807) is 0 Å². The van der Waals surface area contributed by atoms with Crippen LogP contribution in [0.3, 0.4) is 0 Å². The Balaban J connectivity index is 2.33. The van der Waals surface area contributed by atoms with Crippen LogP contribution in [0.2, 0.25) is 5.02 Å². The summed E-state index contributed by atoms with van der Waals surface area (Å²) in [6, 6.07) is 4.22. The topological polar surface area (TPSA) is 85.1 Å². The van der Waals surface area contributed by atoms with E-state index >= 15 is 0 Å². The van der Waals surface area contributed by atoms with E-state index in [0.29, 0.717) is 0 Å². The first-order chi connectivity index (χ1) is 9.49. The van der Waals surface area contributed by atoms with Crippen LogP contribution in [0.1, 0.15) is 10.4 Å². The van der Waals surface area contributed by atoms with Crippen molar-refractivity contribution in [1.82, 2.24) is 4.98 Å². The van der Waals surface area contributed by atoms with Crippen molar-refractivity contribution < 1.29 is 14.1 Å². The summed E-state index contributed by atoms with van der Waals surface area (Å²) in [7, 11) is 0. The number of hydrogen-bond acceptors (Lipinski definition) is 4. The standard InChI is InChI=1S/C12H7ClFN3O3/c13-9-6-15-4-3-8(9)12(18)16-10-2-1-7(14)5-11(10)17(19)20/h1-6H,(H,16,18). The Kier molecular flexibility index (Phi) is 3.90. The van der Waals surface area contributed by atoms with Crippen molar-refractivity contribution in [3.63, 3.8) is 0 Å². The molecule has 102 valence electrons. The van der Waals surface area contributed by atoms with Crippen LogP contribution in [-0.2, 0) is 0 Å². The van der Waals surface area contributed by atoms with Crippen molar-refractivity contribution in [3.8, 4) is 0 Å². The minimum atomic E-state index is -0.785. The van der Waals surface area contributed by atoms with E-state index in [1.807, 2.05) is 0 Å². The third-order valence-electron chi connectivity index (χ3n) is 2.42. The molecule has 0 saturated heterocycles. The largest absolute Gasteiger partial charge is 0.316 e. The third kappa shape index (κ3) is 2.89. The van der Waals surface area contributed by atoms with Crippen molar-refractivity contribution in [2.75, 3.05) is 5.32 Å². The highest BCUT2D eigenvalue weighted by Crippen LogP contribution is 2.26. The zero-order valence-corrected chi connectivity index (χ0v) is 10.6.